The molecule has 7 nitrogen and oxygen atoms in total. The SMILES string of the molecule is COc1c(Nc2cccnc2)cc(C(=O)O)oc1=O. The Balaban J connectivity index is 2.48. The van der Waals surface area contributed by atoms with Crippen LogP contribution in [0.4, 0.5) is 11.4 Å². The number of methoxy groups -OCH3 is 1. The molecule has 2 rings (SSSR count). The minimum absolute atomic E-state index is 0.103. The number of nitrogens with one attached hydrogen (secondary N) is 1. The molecule has 2 aromatic rings. The van der Waals surface area contributed by atoms with E-state index in [0.29, 0.717) is 5.69 Å². The van der Waals surface area contributed by atoms with Crippen molar-refractivity contribution in [3.63, 3.8) is 0 Å². The van der Waals surface area contributed by atoms with Gasteiger partial charge in [-0.2, -0.15) is 0 Å². The summed E-state index contributed by atoms with van der Waals surface area (Å²) in [4.78, 5) is 26.3. The number of ether oxygens (including phenoxy) is 1. The molecule has 0 spiro atoms. The molecule has 0 aliphatic rings. The van der Waals surface area contributed by atoms with Gasteiger partial charge in [-0.25, -0.2) is 9.59 Å². The molecule has 0 atom stereocenters. The Morgan fingerprint density at radius 3 is 2.89 bits per heavy atom. The van der Waals surface area contributed by atoms with E-state index >= 15 is 0 Å². The summed E-state index contributed by atoms with van der Waals surface area (Å²) in [7, 11) is 1.29. The predicted octanol–water partition coefficient (Wildman–Crippen LogP) is 1.49. The van der Waals surface area contributed by atoms with Crippen LogP contribution in [0.3, 0.4) is 0 Å². The van der Waals surface area contributed by atoms with Crippen LogP contribution in [0.15, 0.2) is 39.8 Å². The van der Waals surface area contributed by atoms with E-state index in [9.17, 15) is 9.59 Å². The quantitative estimate of drug-likeness (QED) is 0.860. The van der Waals surface area contributed by atoms with Crippen LogP contribution in [-0.2, 0) is 0 Å². The molecule has 0 radical (unpaired) electrons. The van der Waals surface area contributed by atoms with Gasteiger partial charge in [0.15, 0.2) is 0 Å². The smallest absolute Gasteiger partial charge is 0.381 e. The molecule has 98 valence electrons. The molecule has 0 unspecified atom stereocenters. The van der Waals surface area contributed by atoms with E-state index in [1.165, 1.54) is 19.4 Å². The number of aromatic carboxylic acids is 1. The highest BCUT2D eigenvalue weighted by Crippen LogP contribution is 2.24. The van der Waals surface area contributed by atoms with E-state index in [1.807, 2.05) is 0 Å². The highest BCUT2D eigenvalue weighted by Gasteiger charge is 2.16. The Kier molecular flexibility index (Phi) is 3.46. The Hall–Kier alpha value is -2.83. The fourth-order valence-corrected chi connectivity index (χ4v) is 1.47. The van der Waals surface area contributed by atoms with Crippen LogP contribution in [0.25, 0.3) is 0 Å². The minimum Gasteiger partial charge on any atom is -0.488 e. The summed E-state index contributed by atoms with van der Waals surface area (Å²) in [6.45, 7) is 0. The number of hydrogen-bond donors (Lipinski definition) is 2. The van der Waals surface area contributed by atoms with Crippen molar-refractivity contribution in [2.24, 2.45) is 0 Å². The topological polar surface area (TPSA) is 102 Å². The van der Waals surface area contributed by atoms with E-state index in [2.05, 4.69) is 14.7 Å². The zero-order valence-corrected chi connectivity index (χ0v) is 9.91. The van der Waals surface area contributed by atoms with Crippen LogP contribution >= 0.6 is 0 Å². The molecule has 7 heteroatoms. The number of pyridine rings is 1. The molecular formula is C12H10N2O5. The first-order valence-corrected chi connectivity index (χ1v) is 5.24. The summed E-state index contributed by atoms with van der Waals surface area (Å²) in [5.74, 6) is -1.92. The highest BCUT2D eigenvalue weighted by atomic mass is 16.5. The van der Waals surface area contributed by atoms with Crippen molar-refractivity contribution in [3.05, 3.63) is 46.8 Å². The second-order valence-corrected chi connectivity index (χ2v) is 3.52. The first-order valence-electron chi connectivity index (χ1n) is 5.24. The predicted molar refractivity (Wildman–Crippen MR) is 66.0 cm³/mol. The van der Waals surface area contributed by atoms with Crippen LogP contribution < -0.4 is 15.7 Å². The fourth-order valence-electron chi connectivity index (χ4n) is 1.47. The number of anilines is 2. The lowest BCUT2D eigenvalue weighted by Gasteiger charge is -2.09. The average Bonchev–Trinajstić information content (AvgIpc) is 2.39. The van der Waals surface area contributed by atoms with Crippen molar-refractivity contribution in [1.29, 1.82) is 0 Å². The van der Waals surface area contributed by atoms with Crippen LogP contribution in [0.2, 0.25) is 0 Å². The monoisotopic (exact) mass is 262 g/mol. The molecule has 19 heavy (non-hydrogen) atoms. The molecule has 0 saturated carbocycles. The Labute approximate surface area is 107 Å². The van der Waals surface area contributed by atoms with E-state index < -0.39 is 17.4 Å². The molecule has 0 aliphatic carbocycles. The Morgan fingerprint density at radius 1 is 1.53 bits per heavy atom. The lowest BCUT2D eigenvalue weighted by atomic mass is 10.3. The third-order valence-electron chi connectivity index (χ3n) is 2.26. The van der Waals surface area contributed by atoms with Gasteiger partial charge in [0.25, 0.3) is 0 Å². The fraction of sp³-hybridized carbons (Fsp3) is 0.0833. The number of rotatable bonds is 4. The third-order valence-corrected chi connectivity index (χ3v) is 2.26. The lowest BCUT2D eigenvalue weighted by molar-refractivity contribution is 0.0656. The number of aromatic nitrogens is 1. The van der Waals surface area contributed by atoms with E-state index in [4.69, 9.17) is 9.84 Å². The van der Waals surface area contributed by atoms with Gasteiger partial charge in [0.1, 0.15) is 0 Å². The van der Waals surface area contributed by atoms with Crippen LogP contribution in [0, 0.1) is 0 Å². The Morgan fingerprint density at radius 2 is 2.32 bits per heavy atom. The molecule has 0 aromatic carbocycles. The number of carbonyl (C=O) groups is 1. The van der Waals surface area contributed by atoms with Crippen LogP contribution in [0.1, 0.15) is 10.6 Å². The molecular weight excluding hydrogens is 252 g/mol. The second kappa shape index (κ2) is 5.21. The summed E-state index contributed by atoms with van der Waals surface area (Å²) in [5, 5.41) is 11.7. The van der Waals surface area contributed by atoms with Gasteiger partial charge in [-0.3, -0.25) is 4.98 Å². The molecule has 2 aromatic heterocycles. The molecule has 0 aliphatic heterocycles. The van der Waals surface area contributed by atoms with Gasteiger partial charge in [-0.1, -0.05) is 0 Å². The van der Waals surface area contributed by atoms with Crippen molar-refractivity contribution >= 4 is 17.3 Å². The van der Waals surface area contributed by atoms with Gasteiger partial charge in [0.05, 0.1) is 24.7 Å². The average molecular weight is 262 g/mol. The summed E-state index contributed by atoms with van der Waals surface area (Å²) in [5.41, 5.74) is -0.0827. The summed E-state index contributed by atoms with van der Waals surface area (Å²) >= 11 is 0. The van der Waals surface area contributed by atoms with Crippen molar-refractivity contribution < 1.29 is 19.1 Å². The molecule has 0 fully saturated rings. The van der Waals surface area contributed by atoms with Gasteiger partial charge < -0.3 is 19.6 Å². The number of carboxylic acid groups (broad SMARTS) is 1. The molecule has 0 bridgehead atoms. The Bertz CT molecular complexity index is 651. The van der Waals surface area contributed by atoms with E-state index in [1.54, 1.807) is 18.3 Å². The third kappa shape index (κ3) is 2.71. The van der Waals surface area contributed by atoms with Crippen molar-refractivity contribution in [2.45, 2.75) is 0 Å². The van der Waals surface area contributed by atoms with Gasteiger partial charge in [-0.15, -0.1) is 0 Å². The second-order valence-electron chi connectivity index (χ2n) is 3.52. The van der Waals surface area contributed by atoms with Gasteiger partial charge >= 0.3 is 11.6 Å². The minimum atomic E-state index is -1.34. The number of nitrogens with zero attached hydrogens (tertiary/aromatic N) is 1. The maximum absolute atomic E-state index is 11.6. The standard InChI is InChI=1S/C12H10N2O5/c1-18-10-8(14-7-3-2-4-13-6-7)5-9(11(15)16)19-12(10)17/h2-6,14H,1H3,(H,15,16). The van der Waals surface area contributed by atoms with Crippen molar-refractivity contribution in [1.82, 2.24) is 4.98 Å². The van der Waals surface area contributed by atoms with Crippen molar-refractivity contribution in [3.8, 4) is 5.75 Å². The zero-order chi connectivity index (χ0) is 13.8. The molecule has 2 N–H and O–H groups in total. The number of carboxylic acids is 1. The van der Waals surface area contributed by atoms with E-state index in [0.717, 1.165) is 0 Å². The summed E-state index contributed by atoms with van der Waals surface area (Å²) < 4.78 is 9.50. The van der Waals surface area contributed by atoms with Gasteiger partial charge in [0.2, 0.25) is 11.5 Å². The van der Waals surface area contributed by atoms with Gasteiger partial charge in [0, 0.05) is 12.3 Å². The number of hydrogen-bond acceptors (Lipinski definition) is 6. The molecule has 0 amide bonds. The summed E-state index contributed by atoms with van der Waals surface area (Å²) in [6.07, 6.45) is 3.11. The van der Waals surface area contributed by atoms with Gasteiger partial charge in [-0.05, 0) is 12.1 Å². The first-order chi connectivity index (χ1) is 9.11. The zero-order valence-electron chi connectivity index (χ0n) is 9.91. The normalized spacial score (nSPS) is 9.95. The highest BCUT2D eigenvalue weighted by molar-refractivity contribution is 5.86. The van der Waals surface area contributed by atoms with Crippen LogP contribution in [-0.4, -0.2) is 23.2 Å². The maximum atomic E-state index is 11.6. The molecule has 2 heterocycles. The largest absolute Gasteiger partial charge is 0.488 e. The van der Waals surface area contributed by atoms with E-state index in [-0.39, 0.29) is 11.4 Å². The van der Waals surface area contributed by atoms with Crippen LogP contribution in [0.5, 0.6) is 5.75 Å². The summed E-state index contributed by atoms with van der Waals surface area (Å²) in [6, 6.07) is 4.58. The maximum Gasteiger partial charge on any atom is 0.381 e. The first kappa shape index (κ1) is 12.6. The molecule has 0 saturated heterocycles. The van der Waals surface area contributed by atoms with Crippen molar-refractivity contribution in [2.75, 3.05) is 12.4 Å². The lowest BCUT2D eigenvalue weighted by Crippen LogP contribution is -2.11.